The van der Waals surface area contributed by atoms with E-state index < -0.39 is 0 Å². The summed E-state index contributed by atoms with van der Waals surface area (Å²) in [6, 6.07) is 24.5. The number of fused-ring (bicyclic) bond motifs is 4. The highest BCUT2D eigenvalue weighted by molar-refractivity contribution is 7.99. The predicted molar refractivity (Wildman–Crippen MR) is 121 cm³/mol. The Hall–Kier alpha value is -2.19. The van der Waals surface area contributed by atoms with Crippen molar-refractivity contribution >= 4 is 17.4 Å². The van der Waals surface area contributed by atoms with Gasteiger partial charge in [0.2, 0.25) is 0 Å². The van der Waals surface area contributed by atoms with E-state index in [0.717, 1.165) is 12.3 Å². The fourth-order valence-corrected chi connectivity index (χ4v) is 6.25. The molecule has 1 spiro atoms. The Bertz CT molecular complexity index is 991. The van der Waals surface area contributed by atoms with E-state index in [-0.39, 0.29) is 5.41 Å². The summed E-state index contributed by atoms with van der Waals surface area (Å²) >= 11 is 1.93. The van der Waals surface area contributed by atoms with E-state index in [2.05, 4.69) is 79.0 Å². The smallest absolute Gasteiger partial charge is 0.0384 e. The molecular formula is C26H27NS. The molecule has 0 unspecified atom stereocenters. The fourth-order valence-electron chi connectivity index (χ4n) is 5.46. The lowest BCUT2D eigenvalue weighted by molar-refractivity contribution is 0.506. The van der Waals surface area contributed by atoms with Gasteiger partial charge < -0.3 is 5.32 Å². The largest absolute Gasteiger partial charge is 0.384 e. The lowest BCUT2D eigenvalue weighted by Crippen LogP contribution is -2.24. The molecule has 0 aromatic heterocycles. The van der Waals surface area contributed by atoms with E-state index in [1.165, 1.54) is 41.8 Å². The van der Waals surface area contributed by atoms with E-state index in [0.29, 0.717) is 0 Å². The van der Waals surface area contributed by atoms with E-state index in [1.54, 1.807) is 22.3 Å². The van der Waals surface area contributed by atoms with Crippen LogP contribution < -0.4 is 5.32 Å². The zero-order valence-corrected chi connectivity index (χ0v) is 17.3. The van der Waals surface area contributed by atoms with Gasteiger partial charge in [0.1, 0.15) is 0 Å². The number of anilines is 1. The van der Waals surface area contributed by atoms with E-state index in [4.69, 9.17) is 0 Å². The molecule has 0 fully saturated rings. The van der Waals surface area contributed by atoms with Gasteiger partial charge in [-0.3, -0.25) is 0 Å². The topological polar surface area (TPSA) is 12.0 Å². The summed E-state index contributed by atoms with van der Waals surface area (Å²) < 4.78 is 0. The van der Waals surface area contributed by atoms with Crippen molar-refractivity contribution in [2.75, 3.05) is 17.6 Å². The Balaban J connectivity index is 1.41. The van der Waals surface area contributed by atoms with Gasteiger partial charge in [-0.25, -0.2) is 0 Å². The molecule has 3 aromatic rings. The molecule has 0 bridgehead atoms. The van der Waals surface area contributed by atoms with E-state index in [1.807, 2.05) is 11.8 Å². The molecule has 1 atom stereocenters. The van der Waals surface area contributed by atoms with Crippen LogP contribution in [0.1, 0.15) is 40.7 Å². The van der Waals surface area contributed by atoms with Crippen LogP contribution in [0.4, 0.5) is 5.69 Å². The van der Waals surface area contributed by atoms with Crippen LogP contribution in [0.2, 0.25) is 0 Å². The maximum atomic E-state index is 3.80. The quantitative estimate of drug-likeness (QED) is 0.404. The van der Waals surface area contributed by atoms with Gasteiger partial charge in [-0.05, 0) is 78.6 Å². The van der Waals surface area contributed by atoms with Crippen LogP contribution in [0.5, 0.6) is 0 Å². The number of hydrogen-bond donors (Lipinski definition) is 1. The van der Waals surface area contributed by atoms with Crippen molar-refractivity contribution in [2.45, 2.75) is 42.9 Å². The standard InChI is InChI=1S/C26H27NS/c1-19-7-5-8-20-13-15-26(24(19)20)16-14-21-9-6-12-23(25(21)26)27-17-18-28-22-10-3-2-4-11-22/h2-12,27H,13-18H2,1H3/t26-/m1/s1. The third kappa shape index (κ3) is 2.95. The maximum absolute atomic E-state index is 3.80. The van der Waals surface area contributed by atoms with Crippen LogP contribution in [0.3, 0.4) is 0 Å². The van der Waals surface area contributed by atoms with Crippen LogP contribution in [-0.2, 0) is 18.3 Å². The lowest BCUT2D eigenvalue weighted by Gasteiger charge is -2.30. The minimum Gasteiger partial charge on any atom is -0.384 e. The summed E-state index contributed by atoms with van der Waals surface area (Å²) in [6.07, 6.45) is 4.95. The van der Waals surface area contributed by atoms with E-state index in [9.17, 15) is 0 Å². The van der Waals surface area contributed by atoms with Gasteiger partial charge in [0, 0.05) is 28.3 Å². The Kier molecular flexibility index (Phi) is 4.68. The number of aryl methyl sites for hydroxylation is 3. The number of benzene rings is 3. The molecule has 5 rings (SSSR count). The number of nitrogens with one attached hydrogen (secondary N) is 1. The first-order valence-corrected chi connectivity index (χ1v) is 11.4. The van der Waals surface area contributed by atoms with Gasteiger partial charge in [0.15, 0.2) is 0 Å². The predicted octanol–water partition coefficient (Wildman–Crippen LogP) is 6.38. The summed E-state index contributed by atoms with van der Waals surface area (Å²) in [5, 5.41) is 3.80. The van der Waals surface area contributed by atoms with E-state index >= 15 is 0 Å². The van der Waals surface area contributed by atoms with Crippen LogP contribution in [0.15, 0.2) is 71.6 Å². The molecule has 0 heterocycles. The Morgan fingerprint density at radius 1 is 0.821 bits per heavy atom. The van der Waals surface area contributed by atoms with Gasteiger partial charge in [-0.2, -0.15) is 0 Å². The van der Waals surface area contributed by atoms with Crippen LogP contribution in [0, 0.1) is 6.92 Å². The molecule has 3 aromatic carbocycles. The van der Waals surface area contributed by atoms with Gasteiger partial charge in [0.05, 0.1) is 0 Å². The van der Waals surface area contributed by atoms with Gasteiger partial charge >= 0.3 is 0 Å². The highest BCUT2D eigenvalue weighted by Gasteiger charge is 2.46. The summed E-state index contributed by atoms with van der Waals surface area (Å²) in [5.74, 6) is 1.08. The number of hydrogen-bond acceptors (Lipinski definition) is 2. The van der Waals surface area contributed by atoms with Crippen LogP contribution in [0.25, 0.3) is 0 Å². The molecule has 1 N–H and O–H groups in total. The Morgan fingerprint density at radius 3 is 2.32 bits per heavy atom. The zero-order chi connectivity index (χ0) is 19.0. The minimum absolute atomic E-state index is 0.228. The van der Waals surface area contributed by atoms with Crippen molar-refractivity contribution in [2.24, 2.45) is 0 Å². The third-order valence-electron chi connectivity index (χ3n) is 6.54. The minimum atomic E-state index is 0.228. The van der Waals surface area contributed by atoms with Crippen LogP contribution in [-0.4, -0.2) is 12.3 Å². The van der Waals surface area contributed by atoms with Crippen molar-refractivity contribution in [1.82, 2.24) is 0 Å². The molecule has 0 saturated heterocycles. The van der Waals surface area contributed by atoms with Crippen LogP contribution >= 0.6 is 11.8 Å². The summed E-state index contributed by atoms with van der Waals surface area (Å²) in [5.41, 5.74) is 9.40. The number of thioether (sulfide) groups is 1. The third-order valence-corrected chi connectivity index (χ3v) is 7.55. The molecule has 28 heavy (non-hydrogen) atoms. The second-order valence-corrected chi connectivity index (χ2v) is 9.29. The molecule has 0 amide bonds. The van der Waals surface area contributed by atoms with Gasteiger partial charge in [0.25, 0.3) is 0 Å². The summed E-state index contributed by atoms with van der Waals surface area (Å²) in [6.45, 7) is 3.29. The molecule has 0 aliphatic heterocycles. The molecule has 2 aliphatic rings. The molecule has 1 nitrogen and oxygen atoms in total. The highest BCUT2D eigenvalue weighted by atomic mass is 32.2. The monoisotopic (exact) mass is 385 g/mol. The van der Waals surface area contributed by atoms with Gasteiger partial charge in [-0.15, -0.1) is 11.8 Å². The second-order valence-electron chi connectivity index (χ2n) is 8.12. The Labute approximate surface area is 172 Å². The van der Waals surface area contributed by atoms with Crippen molar-refractivity contribution in [1.29, 1.82) is 0 Å². The normalized spacial score (nSPS) is 19.6. The number of rotatable bonds is 5. The molecule has 2 heteroatoms. The first kappa shape index (κ1) is 17.9. The zero-order valence-electron chi connectivity index (χ0n) is 16.5. The summed E-state index contributed by atoms with van der Waals surface area (Å²) in [7, 11) is 0. The molecule has 0 radical (unpaired) electrons. The molecule has 0 saturated carbocycles. The van der Waals surface area contributed by atoms with Crippen molar-refractivity contribution in [3.63, 3.8) is 0 Å². The lowest BCUT2D eigenvalue weighted by atomic mass is 9.74. The first-order valence-electron chi connectivity index (χ1n) is 10.4. The Morgan fingerprint density at radius 2 is 1.54 bits per heavy atom. The molecular weight excluding hydrogens is 358 g/mol. The van der Waals surface area contributed by atoms with Gasteiger partial charge in [-0.1, -0.05) is 48.5 Å². The summed E-state index contributed by atoms with van der Waals surface area (Å²) in [4.78, 5) is 1.35. The molecule has 142 valence electrons. The average Bonchev–Trinajstić information content (AvgIpc) is 3.30. The highest BCUT2D eigenvalue weighted by Crippen LogP contribution is 2.55. The second kappa shape index (κ2) is 7.33. The average molecular weight is 386 g/mol. The fraction of sp³-hybridized carbons (Fsp3) is 0.308. The SMILES string of the molecule is Cc1cccc2c1[C@@]1(CC2)CCc2cccc(NCCSc3ccccc3)c21. The van der Waals surface area contributed by atoms with Crippen molar-refractivity contribution in [3.05, 3.63) is 94.5 Å². The van der Waals surface area contributed by atoms with Crippen molar-refractivity contribution < 1.29 is 0 Å². The first-order chi connectivity index (χ1) is 13.8. The maximum Gasteiger partial charge on any atom is 0.0384 e. The molecule has 2 aliphatic carbocycles. The van der Waals surface area contributed by atoms with Crippen molar-refractivity contribution in [3.8, 4) is 0 Å².